The summed E-state index contributed by atoms with van der Waals surface area (Å²) in [6, 6.07) is 11.2. The second kappa shape index (κ2) is 5.30. The maximum absolute atomic E-state index is 5.75. The van der Waals surface area contributed by atoms with Crippen molar-refractivity contribution >= 4 is 56.6 Å². The van der Waals surface area contributed by atoms with E-state index in [0.29, 0.717) is 0 Å². The lowest BCUT2D eigenvalue weighted by molar-refractivity contribution is 0.482. The highest BCUT2D eigenvalue weighted by atomic mass is 127. The molecule has 0 aliphatic rings. The molecule has 0 heterocycles. The van der Waals surface area contributed by atoms with Gasteiger partial charge in [0.15, 0.2) is 0 Å². The molecule has 0 aliphatic heterocycles. The van der Waals surface area contributed by atoms with Crippen LogP contribution in [-0.2, 0) is 0 Å². The highest BCUT2D eigenvalue weighted by Gasteiger charge is 2.02. The number of anilines is 2. The highest BCUT2D eigenvalue weighted by Crippen LogP contribution is 2.28. The molecule has 0 saturated carbocycles. The van der Waals surface area contributed by atoms with Gasteiger partial charge in [0.2, 0.25) is 0 Å². The zero-order chi connectivity index (χ0) is 12.4. The standard InChI is InChI=1S/C12H10I2N2O/c13-9-5-7(1-3-11(9)15)17-8-2-4-12(16)10(14)6-8/h1-6H,15-16H2. The summed E-state index contributed by atoms with van der Waals surface area (Å²) >= 11 is 4.36. The van der Waals surface area contributed by atoms with E-state index in [0.717, 1.165) is 30.0 Å². The van der Waals surface area contributed by atoms with Gasteiger partial charge in [0.05, 0.1) is 0 Å². The molecule has 0 unspecified atom stereocenters. The number of hydrogen-bond acceptors (Lipinski definition) is 3. The van der Waals surface area contributed by atoms with Gasteiger partial charge in [-0.05, 0) is 81.6 Å². The number of benzene rings is 2. The minimum absolute atomic E-state index is 0.754. The fourth-order valence-electron chi connectivity index (χ4n) is 1.28. The Kier molecular flexibility index (Phi) is 3.97. The first-order valence-electron chi connectivity index (χ1n) is 4.84. The van der Waals surface area contributed by atoms with Gasteiger partial charge >= 0.3 is 0 Å². The Hall–Kier alpha value is -0.700. The molecule has 3 nitrogen and oxygen atoms in total. The SMILES string of the molecule is Nc1ccc(Oc2ccc(N)c(I)c2)cc1I. The smallest absolute Gasteiger partial charge is 0.128 e. The Balaban J connectivity index is 2.25. The average molecular weight is 452 g/mol. The molecule has 88 valence electrons. The van der Waals surface area contributed by atoms with E-state index in [1.807, 2.05) is 36.4 Å². The van der Waals surface area contributed by atoms with Crippen LogP contribution < -0.4 is 16.2 Å². The summed E-state index contributed by atoms with van der Waals surface area (Å²) < 4.78 is 7.68. The average Bonchev–Trinajstić information content (AvgIpc) is 2.29. The molecular formula is C12H10I2N2O. The van der Waals surface area contributed by atoms with E-state index in [4.69, 9.17) is 16.2 Å². The summed E-state index contributed by atoms with van der Waals surface area (Å²) in [4.78, 5) is 0. The van der Waals surface area contributed by atoms with Crippen LogP contribution in [0.15, 0.2) is 36.4 Å². The third-order valence-corrected chi connectivity index (χ3v) is 4.05. The first kappa shape index (κ1) is 12.7. The van der Waals surface area contributed by atoms with Crippen molar-refractivity contribution in [2.45, 2.75) is 0 Å². The molecule has 0 radical (unpaired) electrons. The molecule has 2 aromatic rings. The molecule has 4 N–H and O–H groups in total. The second-order valence-corrected chi connectivity index (χ2v) is 5.79. The van der Waals surface area contributed by atoms with Crippen molar-refractivity contribution in [2.75, 3.05) is 11.5 Å². The highest BCUT2D eigenvalue weighted by molar-refractivity contribution is 14.1. The molecule has 2 rings (SSSR count). The minimum atomic E-state index is 0.754. The molecule has 5 heteroatoms. The number of halogens is 2. The summed E-state index contributed by atoms with van der Waals surface area (Å²) in [6.07, 6.45) is 0. The molecule has 0 aliphatic carbocycles. The van der Waals surface area contributed by atoms with Gasteiger partial charge in [-0.15, -0.1) is 0 Å². The van der Waals surface area contributed by atoms with E-state index in [-0.39, 0.29) is 0 Å². The van der Waals surface area contributed by atoms with Gasteiger partial charge < -0.3 is 16.2 Å². The third kappa shape index (κ3) is 3.15. The van der Waals surface area contributed by atoms with Crippen LogP contribution in [0.4, 0.5) is 11.4 Å². The molecule has 0 spiro atoms. The number of ether oxygens (including phenoxy) is 1. The maximum Gasteiger partial charge on any atom is 0.128 e. The van der Waals surface area contributed by atoms with Gasteiger partial charge in [-0.3, -0.25) is 0 Å². The Bertz CT molecular complexity index is 509. The van der Waals surface area contributed by atoms with E-state index >= 15 is 0 Å². The number of nitrogen functional groups attached to an aromatic ring is 2. The van der Waals surface area contributed by atoms with Gasteiger partial charge in [0, 0.05) is 18.5 Å². The lowest BCUT2D eigenvalue weighted by Crippen LogP contribution is -1.92. The molecule has 2 aromatic carbocycles. The molecule has 0 saturated heterocycles. The van der Waals surface area contributed by atoms with Crippen LogP contribution in [0, 0.1) is 7.14 Å². The van der Waals surface area contributed by atoms with E-state index in [9.17, 15) is 0 Å². The van der Waals surface area contributed by atoms with E-state index in [1.54, 1.807) is 0 Å². The summed E-state index contributed by atoms with van der Waals surface area (Å²) in [6.45, 7) is 0. The quantitative estimate of drug-likeness (QED) is 0.538. The van der Waals surface area contributed by atoms with Crippen LogP contribution >= 0.6 is 45.2 Å². The molecule has 0 amide bonds. The summed E-state index contributed by atoms with van der Waals surface area (Å²) in [5.41, 5.74) is 13.0. The van der Waals surface area contributed by atoms with E-state index < -0.39 is 0 Å². The second-order valence-electron chi connectivity index (χ2n) is 3.47. The van der Waals surface area contributed by atoms with Crippen molar-refractivity contribution in [2.24, 2.45) is 0 Å². The van der Waals surface area contributed by atoms with Gasteiger partial charge in [-0.25, -0.2) is 0 Å². The zero-order valence-electron chi connectivity index (χ0n) is 8.78. The molecule has 0 bridgehead atoms. The van der Waals surface area contributed by atoms with Crippen molar-refractivity contribution < 1.29 is 4.74 Å². The first-order valence-corrected chi connectivity index (χ1v) is 7.00. The Morgan fingerprint density at radius 2 is 1.18 bits per heavy atom. The van der Waals surface area contributed by atoms with Crippen LogP contribution in [0.3, 0.4) is 0 Å². The van der Waals surface area contributed by atoms with Gasteiger partial charge in [0.1, 0.15) is 11.5 Å². The maximum atomic E-state index is 5.75. The molecule has 17 heavy (non-hydrogen) atoms. The molecule has 0 aromatic heterocycles. The topological polar surface area (TPSA) is 61.3 Å². The normalized spacial score (nSPS) is 10.2. The largest absolute Gasteiger partial charge is 0.457 e. The molecular weight excluding hydrogens is 442 g/mol. The van der Waals surface area contributed by atoms with Crippen LogP contribution in [0.2, 0.25) is 0 Å². The zero-order valence-corrected chi connectivity index (χ0v) is 13.1. The van der Waals surface area contributed by atoms with Crippen LogP contribution in [0.5, 0.6) is 11.5 Å². The van der Waals surface area contributed by atoms with Crippen molar-refractivity contribution in [1.82, 2.24) is 0 Å². The van der Waals surface area contributed by atoms with Gasteiger partial charge in [-0.1, -0.05) is 0 Å². The van der Waals surface area contributed by atoms with Crippen molar-refractivity contribution in [3.63, 3.8) is 0 Å². The fourth-order valence-corrected chi connectivity index (χ4v) is 2.25. The number of hydrogen-bond donors (Lipinski definition) is 2. The molecule has 0 fully saturated rings. The Morgan fingerprint density at radius 1 is 0.765 bits per heavy atom. The van der Waals surface area contributed by atoms with Crippen molar-refractivity contribution in [3.8, 4) is 11.5 Å². The van der Waals surface area contributed by atoms with E-state index in [2.05, 4.69) is 45.2 Å². The van der Waals surface area contributed by atoms with Gasteiger partial charge in [0.25, 0.3) is 0 Å². The van der Waals surface area contributed by atoms with Crippen LogP contribution in [0.1, 0.15) is 0 Å². The lowest BCUT2D eigenvalue weighted by atomic mass is 10.3. The summed E-state index contributed by atoms with van der Waals surface area (Å²) in [5.74, 6) is 1.54. The summed E-state index contributed by atoms with van der Waals surface area (Å²) in [5, 5.41) is 0. The van der Waals surface area contributed by atoms with E-state index in [1.165, 1.54) is 0 Å². The fraction of sp³-hybridized carbons (Fsp3) is 0. The number of nitrogens with two attached hydrogens (primary N) is 2. The minimum Gasteiger partial charge on any atom is -0.457 e. The molecule has 0 atom stereocenters. The van der Waals surface area contributed by atoms with Crippen molar-refractivity contribution in [1.29, 1.82) is 0 Å². The Labute approximate surface area is 127 Å². The predicted molar refractivity (Wildman–Crippen MR) is 87.2 cm³/mol. The Morgan fingerprint density at radius 3 is 1.53 bits per heavy atom. The predicted octanol–water partition coefficient (Wildman–Crippen LogP) is 3.85. The first-order chi connectivity index (χ1) is 8.06. The van der Waals surface area contributed by atoms with Crippen molar-refractivity contribution in [3.05, 3.63) is 43.5 Å². The summed E-state index contributed by atoms with van der Waals surface area (Å²) in [7, 11) is 0. The van der Waals surface area contributed by atoms with Crippen LogP contribution in [-0.4, -0.2) is 0 Å². The van der Waals surface area contributed by atoms with Gasteiger partial charge in [-0.2, -0.15) is 0 Å². The number of rotatable bonds is 2. The van der Waals surface area contributed by atoms with Crippen LogP contribution in [0.25, 0.3) is 0 Å². The monoisotopic (exact) mass is 452 g/mol. The lowest BCUT2D eigenvalue weighted by Gasteiger charge is -2.08. The third-order valence-electron chi connectivity index (χ3n) is 2.18.